The van der Waals surface area contributed by atoms with Crippen LogP contribution in [0.1, 0.15) is 24.3 Å². The molecule has 5 heterocycles. The van der Waals surface area contributed by atoms with Gasteiger partial charge in [-0.2, -0.15) is 0 Å². The standard InChI is InChI=1S/C24H25ClN6OS/c1-30-7-9-31(10-8-30)20-4-3-15(12-26-20)18-11-16-21(17(25)13-27-22(16)29-18)19-14-28-23(33-19)24(32)5-2-6-24/h3-4,11-14,32H,2,5-10H2,1H3,(H,27,29). The van der Waals surface area contributed by atoms with Crippen LogP contribution in [0.3, 0.4) is 0 Å². The molecule has 0 bridgehead atoms. The fraction of sp³-hybridized carbons (Fsp3) is 0.375. The predicted octanol–water partition coefficient (Wildman–Crippen LogP) is 4.53. The fourth-order valence-corrected chi connectivity index (χ4v) is 6.00. The van der Waals surface area contributed by atoms with Crippen molar-refractivity contribution >= 4 is 39.8 Å². The van der Waals surface area contributed by atoms with E-state index >= 15 is 0 Å². The van der Waals surface area contributed by atoms with Crippen LogP contribution in [0.4, 0.5) is 5.82 Å². The Morgan fingerprint density at radius 1 is 1.06 bits per heavy atom. The summed E-state index contributed by atoms with van der Waals surface area (Å²) >= 11 is 8.11. The van der Waals surface area contributed by atoms with E-state index in [1.54, 1.807) is 6.20 Å². The van der Waals surface area contributed by atoms with Crippen LogP contribution in [0.2, 0.25) is 5.02 Å². The van der Waals surface area contributed by atoms with E-state index in [-0.39, 0.29) is 0 Å². The van der Waals surface area contributed by atoms with Crippen LogP contribution in [0.5, 0.6) is 0 Å². The van der Waals surface area contributed by atoms with Gasteiger partial charge in [0.25, 0.3) is 0 Å². The summed E-state index contributed by atoms with van der Waals surface area (Å²) in [6.45, 7) is 4.09. The third kappa shape index (κ3) is 3.71. The van der Waals surface area contributed by atoms with Crippen molar-refractivity contribution in [2.24, 2.45) is 0 Å². The minimum atomic E-state index is -0.776. The van der Waals surface area contributed by atoms with Gasteiger partial charge in [-0.05, 0) is 44.5 Å². The van der Waals surface area contributed by atoms with Crippen molar-refractivity contribution in [3.05, 3.63) is 46.8 Å². The molecule has 0 spiro atoms. The molecule has 170 valence electrons. The molecular formula is C24H25ClN6OS. The summed E-state index contributed by atoms with van der Waals surface area (Å²) in [5.41, 5.74) is 2.84. The summed E-state index contributed by atoms with van der Waals surface area (Å²) in [6, 6.07) is 6.26. The van der Waals surface area contributed by atoms with Crippen LogP contribution >= 0.6 is 22.9 Å². The van der Waals surface area contributed by atoms with E-state index < -0.39 is 5.60 Å². The number of nitrogens with one attached hydrogen (secondary N) is 1. The number of anilines is 1. The van der Waals surface area contributed by atoms with Crippen molar-refractivity contribution in [2.45, 2.75) is 24.9 Å². The molecule has 0 unspecified atom stereocenters. The SMILES string of the molecule is CN1CCN(c2ccc(-c3cc4c(-c5cnc(C6(O)CCC6)s5)c(Cl)cnc4[nH]3)cn2)CC1. The summed E-state index contributed by atoms with van der Waals surface area (Å²) in [4.78, 5) is 22.8. The first kappa shape index (κ1) is 21.0. The lowest BCUT2D eigenvalue weighted by Crippen LogP contribution is -2.44. The van der Waals surface area contributed by atoms with Gasteiger partial charge in [-0.1, -0.05) is 11.6 Å². The molecule has 0 radical (unpaired) electrons. The second-order valence-electron chi connectivity index (χ2n) is 9.04. The molecule has 2 fully saturated rings. The van der Waals surface area contributed by atoms with E-state index in [9.17, 15) is 5.11 Å². The van der Waals surface area contributed by atoms with E-state index in [0.717, 1.165) is 89.0 Å². The maximum atomic E-state index is 10.7. The first-order valence-electron chi connectivity index (χ1n) is 11.3. The van der Waals surface area contributed by atoms with Gasteiger partial charge in [-0.25, -0.2) is 15.0 Å². The molecule has 0 aromatic carbocycles. The molecule has 1 saturated heterocycles. The van der Waals surface area contributed by atoms with E-state index in [0.29, 0.717) is 5.02 Å². The molecule has 2 aliphatic rings. The van der Waals surface area contributed by atoms with Crippen LogP contribution < -0.4 is 4.90 Å². The molecule has 33 heavy (non-hydrogen) atoms. The zero-order valence-corrected chi connectivity index (χ0v) is 20.0. The number of aliphatic hydroxyl groups is 1. The molecule has 1 aliphatic heterocycles. The molecule has 0 atom stereocenters. The number of aromatic amines is 1. The molecule has 1 saturated carbocycles. The third-order valence-electron chi connectivity index (χ3n) is 6.83. The van der Waals surface area contributed by atoms with E-state index in [4.69, 9.17) is 16.6 Å². The highest BCUT2D eigenvalue weighted by molar-refractivity contribution is 7.15. The molecule has 2 N–H and O–H groups in total. The summed E-state index contributed by atoms with van der Waals surface area (Å²) in [7, 11) is 2.15. The molecule has 9 heteroatoms. The third-order valence-corrected chi connectivity index (χ3v) is 8.32. The Morgan fingerprint density at radius 3 is 2.58 bits per heavy atom. The van der Waals surface area contributed by atoms with Crippen LogP contribution in [0.15, 0.2) is 36.8 Å². The summed E-state index contributed by atoms with van der Waals surface area (Å²) in [5.74, 6) is 1.01. The van der Waals surface area contributed by atoms with Crippen LogP contribution in [0, 0.1) is 0 Å². The van der Waals surface area contributed by atoms with Gasteiger partial charge < -0.3 is 19.9 Å². The van der Waals surface area contributed by atoms with E-state index in [1.807, 2.05) is 12.4 Å². The first-order chi connectivity index (χ1) is 16.0. The number of hydrogen-bond acceptors (Lipinski definition) is 7. The zero-order chi connectivity index (χ0) is 22.6. The highest BCUT2D eigenvalue weighted by Crippen LogP contribution is 2.46. The van der Waals surface area contributed by atoms with Crippen molar-refractivity contribution < 1.29 is 5.11 Å². The summed E-state index contributed by atoms with van der Waals surface area (Å²) in [6.07, 6.45) is 7.97. The van der Waals surface area contributed by atoms with Crippen molar-refractivity contribution in [3.8, 4) is 21.7 Å². The molecule has 4 aromatic rings. The number of aromatic nitrogens is 4. The number of hydrogen-bond donors (Lipinski definition) is 2. The molecule has 0 amide bonds. The molecule has 1 aliphatic carbocycles. The van der Waals surface area contributed by atoms with Crippen molar-refractivity contribution in [2.75, 3.05) is 38.1 Å². The Bertz CT molecular complexity index is 1300. The Hall–Kier alpha value is -2.52. The number of piperazine rings is 1. The first-order valence-corrected chi connectivity index (χ1v) is 12.5. The maximum Gasteiger partial charge on any atom is 0.138 e. The van der Waals surface area contributed by atoms with E-state index in [1.165, 1.54) is 11.3 Å². The number of thiazole rings is 1. The van der Waals surface area contributed by atoms with Gasteiger partial charge in [0.2, 0.25) is 0 Å². The minimum Gasteiger partial charge on any atom is -0.383 e. The quantitative estimate of drug-likeness (QED) is 0.447. The molecule has 4 aromatic heterocycles. The van der Waals surface area contributed by atoms with E-state index in [2.05, 4.69) is 50.0 Å². The second-order valence-corrected chi connectivity index (χ2v) is 10.5. The van der Waals surface area contributed by atoms with Gasteiger partial charge >= 0.3 is 0 Å². The van der Waals surface area contributed by atoms with Gasteiger partial charge in [0.05, 0.1) is 9.90 Å². The number of pyridine rings is 2. The van der Waals surface area contributed by atoms with Crippen LogP contribution in [0.25, 0.3) is 32.7 Å². The smallest absolute Gasteiger partial charge is 0.138 e. The van der Waals surface area contributed by atoms with Crippen molar-refractivity contribution in [3.63, 3.8) is 0 Å². The zero-order valence-electron chi connectivity index (χ0n) is 18.4. The van der Waals surface area contributed by atoms with Crippen LogP contribution in [-0.4, -0.2) is 63.2 Å². The monoisotopic (exact) mass is 480 g/mol. The molecular weight excluding hydrogens is 456 g/mol. The number of rotatable bonds is 4. The topological polar surface area (TPSA) is 81.2 Å². The normalized spacial score (nSPS) is 18.6. The second kappa shape index (κ2) is 8.06. The Balaban J connectivity index is 1.33. The number of H-pyrrole nitrogens is 1. The average Bonchev–Trinajstić information content (AvgIpc) is 3.46. The number of fused-ring (bicyclic) bond motifs is 1. The maximum absolute atomic E-state index is 10.7. The van der Waals surface area contributed by atoms with Gasteiger partial charge in [0, 0.05) is 67.0 Å². The number of nitrogens with zero attached hydrogens (tertiary/aromatic N) is 5. The lowest BCUT2D eigenvalue weighted by molar-refractivity contribution is -0.0389. The minimum absolute atomic E-state index is 0.576. The highest BCUT2D eigenvalue weighted by Gasteiger charge is 2.39. The summed E-state index contributed by atoms with van der Waals surface area (Å²) in [5, 5.41) is 13.0. The Labute approximate surface area is 201 Å². The molecule has 6 rings (SSSR count). The van der Waals surface area contributed by atoms with Crippen molar-refractivity contribution in [1.82, 2.24) is 24.8 Å². The molecule has 7 nitrogen and oxygen atoms in total. The lowest BCUT2D eigenvalue weighted by Gasteiger charge is -2.34. The van der Waals surface area contributed by atoms with Gasteiger partial charge in [-0.15, -0.1) is 11.3 Å². The lowest BCUT2D eigenvalue weighted by atomic mass is 9.81. The highest BCUT2D eigenvalue weighted by atomic mass is 35.5. The average molecular weight is 481 g/mol. The Morgan fingerprint density at radius 2 is 1.88 bits per heavy atom. The fourth-order valence-electron chi connectivity index (χ4n) is 4.55. The number of likely N-dealkylation sites (N-methyl/N-ethyl adjacent to an activating group) is 1. The van der Waals surface area contributed by atoms with Gasteiger partial charge in [0.15, 0.2) is 0 Å². The predicted molar refractivity (Wildman–Crippen MR) is 133 cm³/mol. The Kier molecular flexibility index (Phi) is 5.14. The van der Waals surface area contributed by atoms with Crippen molar-refractivity contribution in [1.29, 1.82) is 0 Å². The van der Waals surface area contributed by atoms with Gasteiger partial charge in [-0.3, -0.25) is 0 Å². The van der Waals surface area contributed by atoms with Gasteiger partial charge in [0.1, 0.15) is 22.1 Å². The summed E-state index contributed by atoms with van der Waals surface area (Å²) < 4.78 is 0. The van der Waals surface area contributed by atoms with Crippen LogP contribution in [-0.2, 0) is 5.60 Å². The number of halogens is 1. The largest absolute Gasteiger partial charge is 0.383 e.